The Morgan fingerprint density at radius 3 is 2.35 bits per heavy atom. The first-order chi connectivity index (χ1) is 9.49. The zero-order valence-electron chi connectivity index (χ0n) is 11.3. The van der Waals surface area contributed by atoms with Crippen LogP contribution in [0.3, 0.4) is 0 Å². The molecular weight excluding hydrogens is 384 g/mol. The number of aliphatic hydroxyl groups excluding tert-OH is 1. The summed E-state index contributed by atoms with van der Waals surface area (Å²) in [5.74, 6) is 0.717. The van der Waals surface area contributed by atoms with Crippen LogP contribution in [0.5, 0.6) is 5.75 Å². The second kappa shape index (κ2) is 6.74. The van der Waals surface area contributed by atoms with E-state index in [1.54, 1.807) is 0 Å². The van der Waals surface area contributed by atoms with Crippen molar-refractivity contribution in [1.82, 2.24) is 0 Å². The maximum Gasteiger partial charge on any atom is 0.125 e. The molecule has 20 heavy (non-hydrogen) atoms. The zero-order chi connectivity index (χ0) is 14.7. The first-order valence-electron chi connectivity index (χ1n) is 6.37. The third kappa shape index (κ3) is 3.62. The first-order valence-corrected chi connectivity index (χ1v) is 7.96. The number of hydrogen-bond acceptors (Lipinski definition) is 2. The van der Waals surface area contributed by atoms with Crippen molar-refractivity contribution in [2.75, 3.05) is 0 Å². The lowest BCUT2D eigenvalue weighted by Gasteiger charge is -2.18. The fraction of sp³-hybridized carbons (Fsp3) is 0.250. The zero-order valence-corrected chi connectivity index (χ0v) is 14.5. The first kappa shape index (κ1) is 15.5. The summed E-state index contributed by atoms with van der Waals surface area (Å²) in [6, 6.07) is 13.3. The number of hydrogen-bond donors (Lipinski definition) is 1. The molecule has 2 rings (SSSR count). The van der Waals surface area contributed by atoms with Gasteiger partial charge in [-0.3, -0.25) is 0 Å². The summed E-state index contributed by atoms with van der Waals surface area (Å²) >= 11 is 6.89. The van der Waals surface area contributed by atoms with E-state index < -0.39 is 6.10 Å². The van der Waals surface area contributed by atoms with Crippen LogP contribution in [-0.2, 0) is 0 Å². The Morgan fingerprint density at radius 1 is 1.00 bits per heavy atom. The lowest BCUT2D eigenvalue weighted by Crippen LogP contribution is -2.09. The average molecular weight is 400 g/mol. The Bertz CT molecular complexity index is 597. The number of aliphatic hydroxyl groups is 1. The van der Waals surface area contributed by atoms with Gasteiger partial charge in [-0.25, -0.2) is 0 Å². The molecule has 1 atom stereocenters. The van der Waals surface area contributed by atoms with Crippen molar-refractivity contribution in [1.29, 1.82) is 0 Å². The third-order valence-electron chi connectivity index (χ3n) is 2.84. The van der Waals surface area contributed by atoms with E-state index in [4.69, 9.17) is 4.74 Å². The fourth-order valence-electron chi connectivity index (χ4n) is 1.93. The van der Waals surface area contributed by atoms with E-state index in [9.17, 15) is 5.11 Å². The fourth-order valence-corrected chi connectivity index (χ4v) is 2.57. The van der Waals surface area contributed by atoms with Crippen molar-refractivity contribution in [3.8, 4) is 5.75 Å². The molecule has 2 aromatic carbocycles. The van der Waals surface area contributed by atoms with Crippen LogP contribution < -0.4 is 4.74 Å². The minimum Gasteiger partial charge on any atom is -0.491 e. The monoisotopic (exact) mass is 398 g/mol. The minimum atomic E-state index is -0.714. The molecule has 0 aromatic heterocycles. The van der Waals surface area contributed by atoms with Gasteiger partial charge in [-0.05, 0) is 69.5 Å². The molecule has 0 heterocycles. The van der Waals surface area contributed by atoms with Gasteiger partial charge < -0.3 is 9.84 Å². The van der Waals surface area contributed by atoms with Gasteiger partial charge in [-0.15, -0.1) is 0 Å². The minimum absolute atomic E-state index is 0.0694. The van der Waals surface area contributed by atoms with Crippen LogP contribution >= 0.6 is 31.9 Å². The molecule has 2 nitrogen and oxygen atoms in total. The molecule has 0 saturated heterocycles. The molecule has 2 aromatic rings. The van der Waals surface area contributed by atoms with Crippen LogP contribution in [-0.4, -0.2) is 11.2 Å². The van der Waals surface area contributed by atoms with Crippen molar-refractivity contribution in [3.05, 3.63) is 62.5 Å². The number of para-hydroxylation sites is 1. The van der Waals surface area contributed by atoms with Crippen LogP contribution in [0.1, 0.15) is 31.1 Å². The van der Waals surface area contributed by atoms with Gasteiger partial charge >= 0.3 is 0 Å². The third-order valence-corrected chi connectivity index (χ3v) is 4.72. The molecule has 0 radical (unpaired) electrons. The maximum absolute atomic E-state index is 10.6. The van der Waals surface area contributed by atoms with E-state index in [-0.39, 0.29) is 6.10 Å². The van der Waals surface area contributed by atoms with Crippen molar-refractivity contribution in [2.45, 2.75) is 26.1 Å². The van der Waals surface area contributed by atoms with Gasteiger partial charge in [0.05, 0.1) is 6.10 Å². The van der Waals surface area contributed by atoms with Crippen LogP contribution in [0, 0.1) is 0 Å². The Balaban J connectivity index is 2.37. The number of halogens is 2. The molecule has 0 saturated carbocycles. The van der Waals surface area contributed by atoms with Crippen molar-refractivity contribution < 1.29 is 9.84 Å². The molecule has 0 amide bonds. The average Bonchev–Trinajstić information content (AvgIpc) is 2.41. The summed E-state index contributed by atoms with van der Waals surface area (Å²) in [6.07, 6.45) is -0.644. The lowest BCUT2D eigenvalue weighted by atomic mass is 10.0. The van der Waals surface area contributed by atoms with Gasteiger partial charge in [0.25, 0.3) is 0 Å². The number of benzene rings is 2. The number of rotatable bonds is 4. The second-order valence-electron chi connectivity index (χ2n) is 4.78. The Labute approximate surface area is 136 Å². The van der Waals surface area contributed by atoms with E-state index in [0.717, 1.165) is 20.1 Å². The predicted molar refractivity (Wildman–Crippen MR) is 88.1 cm³/mol. The molecule has 106 valence electrons. The lowest BCUT2D eigenvalue weighted by molar-refractivity contribution is 0.198. The molecule has 1 unspecified atom stereocenters. The molecule has 0 spiro atoms. The standard InChI is InChI=1S/C16H16Br2O2/c1-10(2)20-15-6-4-3-5-12(15)16(19)11-7-8-13(17)14(18)9-11/h3-10,16,19H,1-2H3. The van der Waals surface area contributed by atoms with Crippen LogP contribution in [0.15, 0.2) is 51.4 Å². The molecule has 0 bridgehead atoms. The Hall–Kier alpha value is -0.840. The summed E-state index contributed by atoms with van der Waals surface area (Å²) in [4.78, 5) is 0. The van der Waals surface area contributed by atoms with Crippen LogP contribution in [0.4, 0.5) is 0 Å². The maximum atomic E-state index is 10.6. The Morgan fingerprint density at radius 2 is 1.70 bits per heavy atom. The highest BCUT2D eigenvalue weighted by Gasteiger charge is 2.16. The molecule has 0 aliphatic rings. The second-order valence-corrected chi connectivity index (χ2v) is 6.49. The van der Waals surface area contributed by atoms with Crippen LogP contribution in [0.2, 0.25) is 0 Å². The van der Waals surface area contributed by atoms with Gasteiger partial charge in [0.15, 0.2) is 0 Å². The summed E-state index contributed by atoms with van der Waals surface area (Å²) < 4.78 is 7.63. The normalized spacial score (nSPS) is 12.5. The summed E-state index contributed by atoms with van der Waals surface area (Å²) in [7, 11) is 0. The molecular formula is C16H16Br2O2. The van der Waals surface area contributed by atoms with Crippen LogP contribution in [0.25, 0.3) is 0 Å². The highest BCUT2D eigenvalue weighted by molar-refractivity contribution is 9.13. The smallest absolute Gasteiger partial charge is 0.125 e. The van der Waals surface area contributed by atoms with Crippen molar-refractivity contribution in [2.24, 2.45) is 0 Å². The molecule has 1 N–H and O–H groups in total. The molecule has 0 fully saturated rings. The highest BCUT2D eigenvalue weighted by atomic mass is 79.9. The van der Waals surface area contributed by atoms with Gasteiger partial charge in [0.2, 0.25) is 0 Å². The van der Waals surface area contributed by atoms with E-state index >= 15 is 0 Å². The molecule has 4 heteroatoms. The van der Waals surface area contributed by atoms with Crippen molar-refractivity contribution in [3.63, 3.8) is 0 Å². The number of ether oxygens (including phenoxy) is 1. The van der Waals surface area contributed by atoms with E-state index in [1.807, 2.05) is 56.3 Å². The summed E-state index contributed by atoms with van der Waals surface area (Å²) in [5.41, 5.74) is 1.59. The SMILES string of the molecule is CC(C)Oc1ccccc1C(O)c1ccc(Br)c(Br)c1. The van der Waals surface area contributed by atoms with E-state index in [0.29, 0.717) is 5.75 Å². The van der Waals surface area contributed by atoms with Gasteiger partial charge in [-0.1, -0.05) is 24.3 Å². The summed E-state index contributed by atoms with van der Waals surface area (Å²) in [6.45, 7) is 3.94. The predicted octanol–water partition coefficient (Wildman–Crippen LogP) is 5.08. The van der Waals surface area contributed by atoms with Gasteiger partial charge in [0, 0.05) is 14.5 Å². The topological polar surface area (TPSA) is 29.5 Å². The largest absolute Gasteiger partial charge is 0.491 e. The van der Waals surface area contributed by atoms with E-state index in [1.165, 1.54) is 0 Å². The summed E-state index contributed by atoms with van der Waals surface area (Å²) in [5, 5.41) is 10.6. The Kier molecular flexibility index (Phi) is 5.24. The van der Waals surface area contributed by atoms with Gasteiger partial charge in [-0.2, -0.15) is 0 Å². The van der Waals surface area contributed by atoms with E-state index in [2.05, 4.69) is 31.9 Å². The molecule has 0 aliphatic carbocycles. The quantitative estimate of drug-likeness (QED) is 0.776. The van der Waals surface area contributed by atoms with Gasteiger partial charge in [0.1, 0.15) is 11.9 Å². The highest BCUT2D eigenvalue weighted by Crippen LogP contribution is 2.33. The van der Waals surface area contributed by atoms with Crippen molar-refractivity contribution >= 4 is 31.9 Å². The molecule has 0 aliphatic heterocycles.